The maximum Gasteiger partial charge on any atom is 0.244 e. The minimum absolute atomic E-state index is 0.112. The molecule has 0 aromatic heterocycles. The van der Waals surface area contributed by atoms with Gasteiger partial charge in [-0.05, 0) is 49.2 Å². The van der Waals surface area contributed by atoms with Gasteiger partial charge in [0, 0.05) is 10.7 Å². The summed E-state index contributed by atoms with van der Waals surface area (Å²) < 4.78 is 0. The second-order valence-electron chi connectivity index (χ2n) is 7.58. The number of anilines is 2. The van der Waals surface area contributed by atoms with Crippen molar-refractivity contribution in [2.75, 3.05) is 16.8 Å². The van der Waals surface area contributed by atoms with Crippen LogP contribution in [0.3, 0.4) is 0 Å². The third-order valence-electron chi connectivity index (χ3n) is 5.21. The summed E-state index contributed by atoms with van der Waals surface area (Å²) in [5.74, 6) is -0.477. The first-order valence-corrected chi connectivity index (χ1v) is 10.4. The number of rotatable bonds is 4. The number of hydrogen-bond donors (Lipinski definition) is 1. The lowest BCUT2D eigenvalue weighted by Crippen LogP contribution is -2.38. The molecule has 0 aliphatic carbocycles. The Morgan fingerprint density at radius 3 is 2.58 bits per heavy atom. The van der Waals surface area contributed by atoms with Crippen LogP contribution in [0.5, 0.6) is 0 Å². The van der Waals surface area contributed by atoms with E-state index in [4.69, 9.17) is 16.6 Å². The molecule has 156 valence electrons. The van der Waals surface area contributed by atoms with Gasteiger partial charge >= 0.3 is 0 Å². The first-order chi connectivity index (χ1) is 14.9. The van der Waals surface area contributed by atoms with E-state index < -0.39 is 0 Å². The topological polar surface area (TPSA) is 61.8 Å². The molecule has 6 heteroatoms. The number of benzene rings is 3. The molecule has 0 bridgehead atoms. The van der Waals surface area contributed by atoms with Crippen molar-refractivity contribution < 1.29 is 9.59 Å². The van der Waals surface area contributed by atoms with E-state index >= 15 is 0 Å². The fraction of sp³-hybridized carbons (Fsp3) is 0.160. The van der Waals surface area contributed by atoms with Gasteiger partial charge in [0.05, 0.1) is 23.5 Å². The molecule has 3 aromatic carbocycles. The molecule has 5 nitrogen and oxygen atoms in total. The molecule has 0 saturated heterocycles. The average Bonchev–Trinajstić information content (AvgIpc) is 2.88. The van der Waals surface area contributed by atoms with Crippen LogP contribution in [0.25, 0.3) is 0 Å². The quantitative estimate of drug-likeness (QED) is 0.596. The highest BCUT2D eigenvalue weighted by Crippen LogP contribution is 2.33. The van der Waals surface area contributed by atoms with E-state index in [1.807, 2.05) is 68.4 Å². The Hall–Kier alpha value is -3.44. The second kappa shape index (κ2) is 8.74. The van der Waals surface area contributed by atoms with Gasteiger partial charge in [-0.15, -0.1) is 0 Å². The Morgan fingerprint density at radius 1 is 1.06 bits per heavy atom. The van der Waals surface area contributed by atoms with Crippen LogP contribution in [-0.4, -0.2) is 24.1 Å². The average molecular weight is 432 g/mol. The molecule has 1 N–H and O–H groups in total. The maximum absolute atomic E-state index is 13.2. The smallest absolute Gasteiger partial charge is 0.244 e. The van der Waals surface area contributed by atoms with Crippen LogP contribution in [0.15, 0.2) is 71.7 Å². The van der Waals surface area contributed by atoms with Crippen molar-refractivity contribution in [3.05, 3.63) is 88.4 Å². The molecule has 0 saturated carbocycles. The number of carbonyl (C=O) groups excluding carboxylic acids is 2. The van der Waals surface area contributed by atoms with Crippen molar-refractivity contribution in [2.45, 2.75) is 20.3 Å². The number of aliphatic imine (C=N–C) groups is 1. The monoisotopic (exact) mass is 431 g/mol. The lowest BCUT2D eigenvalue weighted by atomic mass is 10.1. The van der Waals surface area contributed by atoms with Crippen molar-refractivity contribution in [2.24, 2.45) is 4.99 Å². The molecule has 4 rings (SSSR count). The van der Waals surface area contributed by atoms with Gasteiger partial charge < -0.3 is 10.2 Å². The standard InChI is InChI=1S/C25H22ClN3O2/c1-16-7-10-18(11-8-16)22-14-25(31)29(23-6-4-3-5-20(23)27-22)15-24(30)28-21-13-19(26)12-9-17(21)2/h3-13H,14-15H2,1-2H3,(H,28,30). The summed E-state index contributed by atoms with van der Waals surface area (Å²) in [5, 5.41) is 3.40. The van der Waals surface area contributed by atoms with Crippen molar-refractivity contribution in [1.82, 2.24) is 0 Å². The zero-order valence-electron chi connectivity index (χ0n) is 17.4. The molecule has 0 atom stereocenters. The van der Waals surface area contributed by atoms with Crippen molar-refractivity contribution in [3.63, 3.8) is 0 Å². The van der Waals surface area contributed by atoms with Crippen molar-refractivity contribution in [1.29, 1.82) is 0 Å². The van der Waals surface area contributed by atoms with Gasteiger partial charge in [-0.3, -0.25) is 14.6 Å². The largest absolute Gasteiger partial charge is 0.324 e. The van der Waals surface area contributed by atoms with E-state index in [2.05, 4.69) is 5.32 Å². The molecule has 31 heavy (non-hydrogen) atoms. The summed E-state index contributed by atoms with van der Waals surface area (Å²) in [6.07, 6.45) is 0.112. The molecule has 1 aliphatic heterocycles. The Balaban J connectivity index is 1.61. The van der Waals surface area contributed by atoms with Crippen LogP contribution in [0.2, 0.25) is 5.02 Å². The van der Waals surface area contributed by atoms with Gasteiger partial charge in [0.15, 0.2) is 0 Å². The van der Waals surface area contributed by atoms with E-state index in [1.165, 1.54) is 4.90 Å². The Labute approximate surface area is 186 Å². The fourth-order valence-corrected chi connectivity index (χ4v) is 3.67. The summed E-state index contributed by atoms with van der Waals surface area (Å²) in [6.45, 7) is 3.79. The van der Waals surface area contributed by atoms with E-state index in [-0.39, 0.29) is 24.8 Å². The summed E-state index contributed by atoms with van der Waals surface area (Å²) >= 11 is 6.06. The summed E-state index contributed by atoms with van der Waals surface area (Å²) in [5.41, 5.74) is 5.53. The van der Waals surface area contributed by atoms with Crippen LogP contribution in [0.1, 0.15) is 23.1 Å². The maximum atomic E-state index is 13.2. The second-order valence-corrected chi connectivity index (χ2v) is 8.01. The highest BCUT2D eigenvalue weighted by molar-refractivity contribution is 6.31. The number of aryl methyl sites for hydroxylation is 2. The number of hydrogen-bond acceptors (Lipinski definition) is 3. The first-order valence-electron chi connectivity index (χ1n) is 10.0. The molecular weight excluding hydrogens is 410 g/mol. The lowest BCUT2D eigenvalue weighted by molar-refractivity contribution is -0.120. The molecule has 1 heterocycles. The van der Waals surface area contributed by atoms with Gasteiger partial charge in [-0.1, -0.05) is 59.6 Å². The number of para-hydroxylation sites is 2. The number of fused-ring (bicyclic) bond motifs is 1. The molecule has 0 unspecified atom stereocenters. The Morgan fingerprint density at radius 2 is 1.81 bits per heavy atom. The Kier molecular flexibility index (Phi) is 5.87. The Bertz CT molecular complexity index is 1190. The van der Waals surface area contributed by atoms with E-state index in [0.717, 1.165) is 16.7 Å². The third kappa shape index (κ3) is 4.67. The predicted octanol–water partition coefficient (Wildman–Crippen LogP) is 5.45. The van der Waals surface area contributed by atoms with Gasteiger partial charge in [0.25, 0.3) is 0 Å². The van der Waals surface area contributed by atoms with Gasteiger partial charge in [-0.25, -0.2) is 0 Å². The molecular formula is C25H22ClN3O2. The van der Waals surface area contributed by atoms with Crippen molar-refractivity contribution >= 4 is 46.2 Å². The van der Waals surface area contributed by atoms with Crippen LogP contribution in [-0.2, 0) is 9.59 Å². The number of nitrogens with one attached hydrogen (secondary N) is 1. The number of nitrogens with zero attached hydrogens (tertiary/aromatic N) is 2. The van der Waals surface area contributed by atoms with E-state index in [0.29, 0.717) is 27.8 Å². The van der Waals surface area contributed by atoms with Crippen LogP contribution < -0.4 is 10.2 Å². The number of halogens is 1. The summed E-state index contributed by atoms with van der Waals surface area (Å²) in [7, 11) is 0. The van der Waals surface area contributed by atoms with E-state index in [9.17, 15) is 9.59 Å². The third-order valence-corrected chi connectivity index (χ3v) is 5.44. The molecule has 0 radical (unpaired) electrons. The number of carbonyl (C=O) groups is 2. The number of amides is 2. The van der Waals surface area contributed by atoms with Crippen LogP contribution in [0.4, 0.5) is 17.1 Å². The molecule has 0 fully saturated rings. The summed E-state index contributed by atoms with van der Waals surface area (Å²) in [4.78, 5) is 32.3. The van der Waals surface area contributed by atoms with Gasteiger partial charge in [0.1, 0.15) is 6.54 Å². The normalized spacial score (nSPS) is 13.3. The van der Waals surface area contributed by atoms with Gasteiger partial charge in [-0.2, -0.15) is 0 Å². The fourth-order valence-electron chi connectivity index (χ4n) is 3.49. The highest BCUT2D eigenvalue weighted by atomic mass is 35.5. The molecule has 2 amide bonds. The highest BCUT2D eigenvalue weighted by Gasteiger charge is 2.26. The SMILES string of the molecule is Cc1ccc(C2=Nc3ccccc3N(CC(=O)Nc3cc(Cl)ccc3C)C(=O)C2)cc1. The summed E-state index contributed by atoms with van der Waals surface area (Å²) in [6, 6.07) is 20.6. The minimum Gasteiger partial charge on any atom is -0.324 e. The zero-order chi connectivity index (χ0) is 22.0. The predicted molar refractivity (Wildman–Crippen MR) is 126 cm³/mol. The molecule has 0 spiro atoms. The van der Waals surface area contributed by atoms with E-state index in [1.54, 1.807) is 12.1 Å². The molecule has 1 aliphatic rings. The first kappa shape index (κ1) is 20.8. The van der Waals surface area contributed by atoms with Gasteiger partial charge in [0.2, 0.25) is 11.8 Å². The minimum atomic E-state index is -0.299. The molecule has 3 aromatic rings. The van der Waals surface area contributed by atoms with Crippen molar-refractivity contribution in [3.8, 4) is 0 Å². The van der Waals surface area contributed by atoms with Crippen LogP contribution >= 0.6 is 11.6 Å². The zero-order valence-corrected chi connectivity index (χ0v) is 18.1. The lowest BCUT2D eigenvalue weighted by Gasteiger charge is -2.22. The van der Waals surface area contributed by atoms with Crippen LogP contribution in [0, 0.1) is 13.8 Å².